The summed E-state index contributed by atoms with van der Waals surface area (Å²) >= 11 is 1.44. The lowest BCUT2D eigenvalue weighted by molar-refractivity contribution is -0.402. The van der Waals surface area contributed by atoms with Crippen molar-refractivity contribution < 1.29 is 14.1 Å². The lowest BCUT2D eigenvalue weighted by atomic mass is 10.2. The number of hydrogen-bond donors (Lipinski definition) is 1. The predicted molar refractivity (Wildman–Crippen MR) is 88.8 cm³/mol. The second-order valence-electron chi connectivity index (χ2n) is 5.03. The lowest BCUT2D eigenvalue weighted by Crippen LogP contribution is -2.26. The minimum atomic E-state index is -0.687. The first kappa shape index (κ1) is 15.9. The maximum absolute atomic E-state index is 12.1. The van der Waals surface area contributed by atoms with Gasteiger partial charge in [-0.25, -0.2) is 4.98 Å². The fraction of sp³-hybridized carbons (Fsp3) is 0.125. The van der Waals surface area contributed by atoms with Crippen LogP contribution in [-0.4, -0.2) is 15.8 Å². The average Bonchev–Trinajstić information content (AvgIpc) is 3.25. The molecular weight excluding hydrogens is 330 g/mol. The van der Waals surface area contributed by atoms with Crippen molar-refractivity contribution in [2.75, 3.05) is 0 Å². The summed E-state index contributed by atoms with van der Waals surface area (Å²) in [5.74, 6) is -1.09. The Morgan fingerprint density at radius 3 is 2.71 bits per heavy atom. The van der Waals surface area contributed by atoms with Crippen LogP contribution in [0.5, 0.6) is 0 Å². The van der Waals surface area contributed by atoms with Crippen LogP contribution in [0, 0.1) is 10.1 Å². The Morgan fingerprint density at radius 2 is 2.04 bits per heavy atom. The number of nitrogens with zero attached hydrogens (tertiary/aromatic N) is 2. The average molecular weight is 343 g/mol. The number of carbonyl (C=O) groups excluding carboxylic acids is 1. The van der Waals surface area contributed by atoms with Crippen molar-refractivity contribution in [3.05, 3.63) is 68.7 Å². The van der Waals surface area contributed by atoms with E-state index in [1.807, 2.05) is 35.7 Å². The Kier molecular flexibility index (Phi) is 4.39. The zero-order valence-corrected chi connectivity index (χ0v) is 13.4. The molecule has 3 aromatic rings. The van der Waals surface area contributed by atoms with Crippen molar-refractivity contribution in [2.24, 2.45) is 0 Å². The summed E-state index contributed by atoms with van der Waals surface area (Å²) in [6.07, 6.45) is 0. The third-order valence-electron chi connectivity index (χ3n) is 3.31. The molecule has 1 amide bonds. The molecule has 0 saturated heterocycles. The molecule has 0 radical (unpaired) electrons. The van der Waals surface area contributed by atoms with E-state index in [0.717, 1.165) is 22.3 Å². The van der Waals surface area contributed by atoms with Gasteiger partial charge in [0.05, 0.1) is 17.8 Å². The highest BCUT2D eigenvalue weighted by Crippen LogP contribution is 2.25. The molecule has 0 fully saturated rings. The van der Waals surface area contributed by atoms with E-state index in [0.29, 0.717) is 0 Å². The lowest BCUT2D eigenvalue weighted by Gasteiger charge is -2.09. The van der Waals surface area contributed by atoms with E-state index in [4.69, 9.17) is 4.42 Å². The van der Waals surface area contributed by atoms with Crippen LogP contribution in [0.3, 0.4) is 0 Å². The Hall–Kier alpha value is -3.00. The van der Waals surface area contributed by atoms with Crippen molar-refractivity contribution in [3.63, 3.8) is 0 Å². The number of carbonyl (C=O) groups is 1. The highest BCUT2D eigenvalue weighted by molar-refractivity contribution is 7.10. The van der Waals surface area contributed by atoms with E-state index >= 15 is 0 Å². The van der Waals surface area contributed by atoms with Gasteiger partial charge in [-0.2, -0.15) is 0 Å². The first-order chi connectivity index (χ1) is 11.5. The second-order valence-corrected chi connectivity index (χ2v) is 5.92. The molecule has 1 N–H and O–H groups in total. The zero-order valence-electron chi connectivity index (χ0n) is 12.6. The van der Waals surface area contributed by atoms with Crippen LogP contribution in [0.15, 0.2) is 52.3 Å². The largest absolute Gasteiger partial charge is 0.433 e. The third-order valence-corrected chi connectivity index (χ3v) is 4.33. The fourth-order valence-corrected chi connectivity index (χ4v) is 2.94. The fourth-order valence-electron chi connectivity index (χ4n) is 2.11. The maximum Gasteiger partial charge on any atom is 0.433 e. The summed E-state index contributed by atoms with van der Waals surface area (Å²) in [5.41, 5.74) is 1.84. The van der Waals surface area contributed by atoms with Crippen LogP contribution in [0.25, 0.3) is 11.3 Å². The Bertz CT molecular complexity index is 872. The molecule has 0 aliphatic carbocycles. The third kappa shape index (κ3) is 3.33. The molecule has 2 heterocycles. The van der Waals surface area contributed by atoms with E-state index in [9.17, 15) is 14.9 Å². The smallest absolute Gasteiger partial charge is 0.395 e. The molecule has 3 rings (SSSR count). The van der Waals surface area contributed by atoms with Gasteiger partial charge < -0.3 is 9.73 Å². The summed E-state index contributed by atoms with van der Waals surface area (Å²) in [7, 11) is 0. The SMILES string of the molecule is C[C@@H](NC(=O)c1ccc([N+](=O)[O-])o1)c1nc(-c2ccccc2)cs1. The van der Waals surface area contributed by atoms with Gasteiger partial charge in [-0.1, -0.05) is 30.3 Å². The molecule has 0 aliphatic rings. The molecule has 1 aromatic carbocycles. The molecule has 0 aliphatic heterocycles. The summed E-state index contributed by atoms with van der Waals surface area (Å²) in [6.45, 7) is 1.79. The van der Waals surface area contributed by atoms with Crippen molar-refractivity contribution in [1.29, 1.82) is 0 Å². The summed E-state index contributed by atoms with van der Waals surface area (Å²) < 4.78 is 4.89. The minimum absolute atomic E-state index is 0.103. The Morgan fingerprint density at radius 1 is 1.29 bits per heavy atom. The molecular formula is C16H13N3O4S. The van der Waals surface area contributed by atoms with Gasteiger partial charge in [-0.15, -0.1) is 11.3 Å². The molecule has 0 spiro atoms. The molecule has 122 valence electrons. The van der Waals surface area contributed by atoms with E-state index in [1.54, 1.807) is 6.92 Å². The molecule has 1 atom stereocenters. The van der Waals surface area contributed by atoms with Gasteiger partial charge in [0.2, 0.25) is 0 Å². The van der Waals surface area contributed by atoms with E-state index < -0.39 is 16.7 Å². The van der Waals surface area contributed by atoms with Crippen LogP contribution >= 0.6 is 11.3 Å². The molecule has 0 saturated carbocycles. The zero-order chi connectivity index (χ0) is 17.1. The number of thiazole rings is 1. The van der Waals surface area contributed by atoms with Crippen molar-refractivity contribution >= 4 is 23.1 Å². The van der Waals surface area contributed by atoms with Crippen LogP contribution in [0.4, 0.5) is 5.88 Å². The van der Waals surface area contributed by atoms with Crippen LogP contribution in [-0.2, 0) is 0 Å². The summed E-state index contributed by atoms with van der Waals surface area (Å²) in [5, 5.41) is 16.0. The maximum atomic E-state index is 12.1. The number of benzene rings is 1. The topological polar surface area (TPSA) is 98.3 Å². The van der Waals surface area contributed by atoms with Gasteiger partial charge in [0, 0.05) is 10.9 Å². The van der Waals surface area contributed by atoms with Gasteiger partial charge in [-0.05, 0) is 13.0 Å². The van der Waals surface area contributed by atoms with E-state index in [1.165, 1.54) is 17.4 Å². The number of furan rings is 1. The van der Waals surface area contributed by atoms with Crippen LogP contribution in [0.1, 0.15) is 28.5 Å². The van der Waals surface area contributed by atoms with Crippen molar-refractivity contribution in [2.45, 2.75) is 13.0 Å². The first-order valence-corrected chi connectivity index (χ1v) is 7.98. The summed E-state index contributed by atoms with van der Waals surface area (Å²) in [6, 6.07) is 11.8. The van der Waals surface area contributed by atoms with Gasteiger partial charge in [0.15, 0.2) is 5.76 Å². The standard InChI is InChI=1S/C16H13N3O4S/c1-10(17-15(20)13-7-8-14(23-13)19(21)22)16-18-12(9-24-16)11-5-3-2-4-6-11/h2-10H,1H3,(H,17,20)/t10-/m1/s1. The Labute approximate surface area is 141 Å². The molecule has 2 aromatic heterocycles. The molecule has 7 nitrogen and oxygen atoms in total. The normalized spacial score (nSPS) is 11.9. The van der Waals surface area contributed by atoms with E-state index in [2.05, 4.69) is 10.3 Å². The molecule has 24 heavy (non-hydrogen) atoms. The molecule has 8 heteroatoms. The predicted octanol–water partition coefficient (Wildman–Crippen LogP) is 3.80. The highest BCUT2D eigenvalue weighted by atomic mass is 32.1. The number of nitro groups is 1. The summed E-state index contributed by atoms with van der Waals surface area (Å²) in [4.78, 5) is 26.5. The Balaban J connectivity index is 1.70. The second kappa shape index (κ2) is 6.63. The first-order valence-electron chi connectivity index (χ1n) is 7.10. The van der Waals surface area contributed by atoms with Gasteiger partial charge in [-0.3, -0.25) is 14.9 Å². The van der Waals surface area contributed by atoms with Gasteiger partial charge in [0.1, 0.15) is 9.93 Å². The number of nitrogens with one attached hydrogen (secondary N) is 1. The van der Waals surface area contributed by atoms with Gasteiger partial charge in [0.25, 0.3) is 5.91 Å². The number of hydrogen-bond acceptors (Lipinski definition) is 6. The quantitative estimate of drug-likeness (QED) is 0.561. The number of aromatic nitrogens is 1. The molecule has 0 bridgehead atoms. The van der Waals surface area contributed by atoms with Gasteiger partial charge >= 0.3 is 5.88 Å². The van der Waals surface area contributed by atoms with E-state index in [-0.39, 0.29) is 11.8 Å². The number of amides is 1. The number of rotatable bonds is 5. The van der Waals surface area contributed by atoms with Crippen LogP contribution in [0.2, 0.25) is 0 Å². The monoisotopic (exact) mass is 343 g/mol. The van der Waals surface area contributed by atoms with Crippen LogP contribution < -0.4 is 5.32 Å². The van der Waals surface area contributed by atoms with Crippen molar-refractivity contribution in [1.82, 2.24) is 10.3 Å². The molecule has 0 unspecified atom stereocenters. The minimum Gasteiger partial charge on any atom is -0.395 e. The van der Waals surface area contributed by atoms with Crippen molar-refractivity contribution in [3.8, 4) is 11.3 Å². The highest BCUT2D eigenvalue weighted by Gasteiger charge is 2.20.